The third-order valence-corrected chi connectivity index (χ3v) is 9.50. The van der Waals surface area contributed by atoms with Gasteiger partial charge in [-0.25, -0.2) is 9.50 Å². The van der Waals surface area contributed by atoms with Crippen LogP contribution in [-0.4, -0.2) is 122 Å². The van der Waals surface area contributed by atoms with Crippen molar-refractivity contribution in [1.29, 1.82) is 0 Å². The number of likely N-dealkylation sites (tertiary alicyclic amines) is 1. The Morgan fingerprint density at radius 3 is 2.62 bits per heavy atom. The van der Waals surface area contributed by atoms with Crippen LogP contribution in [0.3, 0.4) is 0 Å². The Balaban J connectivity index is 1.18. The number of nitrogens with one attached hydrogen (secondary N) is 1. The van der Waals surface area contributed by atoms with Gasteiger partial charge in [0.1, 0.15) is 29.8 Å². The minimum atomic E-state index is -3.08. The highest BCUT2D eigenvalue weighted by Crippen LogP contribution is 2.38. The predicted octanol–water partition coefficient (Wildman–Crippen LogP) is 3.22. The molecule has 254 valence electrons. The Bertz CT molecular complexity index is 1750. The van der Waals surface area contributed by atoms with E-state index in [4.69, 9.17) is 4.74 Å². The fourth-order valence-corrected chi connectivity index (χ4v) is 6.66. The summed E-state index contributed by atoms with van der Waals surface area (Å²) in [6.07, 6.45) is 10.7. The number of ether oxygens (including phenoxy) is 1. The van der Waals surface area contributed by atoms with E-state index in [1.165, 1.54) is 39.4 Å². The number of anilines is 1. The fourth-order valence-electron chi connectivity index (χ4n) is 6.22. The standard InChI is InChI=1S/C32H37F2N9O4S/c1-48-23-3-4-27(47-32(33)34)24(17-23)29-26(37-31(46)25-18-36-43-8-2-7-35-30(25)43)20-42(38-29)21-28(45)41-9-5-22(6-10-41)19-40-13-11-39(12-14-40)15-16-44/h2-4,7-8,16-18,20,22,32H,5-6,9-15,19,21H2,1H3,(H,37,46). The number of halogens is 2. The maximum atomic E-state index is 13.5. The topological polar surface area (TPSA) is 130 Å². The molecule has 4 aromatic rings. The second-order valence-corrected chi connectivity index (χ2v) is 12.7. The summed E-state index contributed by atoms with van der Waals surface area (Å²) in [5.41, 5.74) is 1.19. The first kappa shape index (κ1) is 33.5. The Hall–Kier alpha value is -4.41. The van der Waals surface area contributed by atoms with Crippen LogP contribution < -0.4 is 10.1 Å². The molecule has 3 aromatic heterocycles. The molecule has 0 radical (unpaired) electrons. The van der Waals surface area contributed by atoms with Crippen LogP contribution in [0.15, 0.2) is 53.9 Å². The molecule has 2 aliphatic rings. The van der Waals surface area contributed by atoms with Crippen molar-refractivity contribution >= 4 is 41.2 Å². The van der Waals surface area contributed by atoms with Crippen LogP contribution in [0.2, 0.25) is 0 Å². The number of hydrogen-bond donors (Lipinski definition) is 1. The van der Waals surface area contributed by atoms with Crippen molar-refractivity contribution < 1.29 is 27.9 Å². The second kappa shape index (κ2) is 15.2. The third-order valence-electron chi connectivity index (χ3n) is 8.77. The number of nitrogens with zero attached hydrogens (tertiary/aromatic N) is 8. The number of benzene rings is 1. The largest absolute Gasteiger partial charge is 0.434 e. The normalized spacial score (nSPS) is 16.5. The molecule has 0 spiro atoms. The van der Waals surface area contributed by atoms with Gasteiger partial charge in [-0.15, -0.1) is 11.8 Å². The molecule has 2 fully saturated rings. The number of hydrogen-bond acceptors (Lipinski definition) is 10. The molecule has 13 nitrogen and oxygen atoms in total. The van der Waals surface area contributed by atoms with Gasteiger partial charge in [-0.1, -0.05) is 0 Å². The summed E-state index contributed by atoms with van der Waals surface area (Å²) in [6.45, 7) is 3.17. The molecule has 48 heavy (non-hydrogen) atoms. The van der Waals surface area contributed by atoms with Crippen molar-refractivity contribution in [2.75, 3.05) is 63.9 Å². The Morgan fingerprint density at radius 1 is 1.12 bits per heavy atom. The summed E-state index contributed by atoms with van der Waals surface area (Å²) in [4.78, 5) is 49.2. The van der Waals surface area contributed by atoms with Crippen LogP contribution >= 0.6 is 11.8 Å². The summed E-state index contributed by atoms with van der Waals surface area (Å²) in [6, 6.07) is 6.45. The number of aromatic nitrogens is 5. The molecule has 0 aliphatic carbocycles. The molecule has 0 bridgehead atoms. The van der Waals surface area contributed by atoms with Crippen LogP contribution in [0.25, 0.3) is 16.9 Å². The summed E-state index contributed by atoms with van der Waals surface area (Å²) >= 11 is 1.41. The van der Waals surface area contributed by atoms with Gasteiger partial charge < -0.3 is 24.6 Å². The van der Waals surface area contributed by atoms with Crippen LogP contribution in [0.4, 0.5) is 14.5 Å². The molecule has 16 heteroatoms. The number of piperidine rings is 1. The van der Waals surface area contributed by atoms with Crippen LogP contribution in [0.5, 0.6) is 5.75 Å². The molecule has 2 aliphatic heterocycles. The zero-order chi connectivity index (χ0) is 33.6. The Labute approximate surface area is 280 Å². The van der Waals surface area contributed by atoms with Gasteiger partial charge in [0.2, 0.25) is 5.91 Å². The van der Waals surface area contributed by atoms with Gasteiger partial charge in [0.25, 0.3) is 5.91 Å². The van der Waals surface area contributed by atoms with Crippen molar-refractivity contribution in [3.8, 4) is 17.0 Å². The summed E-state index contributed by atoms with van der Waals surface area (Å²) in [5.74, 6) is -0.284. The smallest absolute Gasteiger partial charge is 0.387 e. The van der Waals surface area contributed by atoms with Crippen molar-refractivity contribution in [2.45, 2.75) is 30.9 Å². The molecule has 5 heterocycles. The maximum absolute atomic E-state index is 13.5. The number of aldehydes is 1. The van der Waals surface area contributed by atoms with E-state index in [0.29, 0.717) is 31.2 Å². The van der Waals surface area contributed by atoms with E-state index in [9.17, 15) is 23.2 Å². The molecular weight excluding hydrogens is 644 g/mol. The van der Waals surface area contributed by atoms with Crippen LogP contribution in [-0.2, 0) is 16.1 Å². The maximum Gasteiger partial charge on any atom is 0.387 e. The van der Waals surface area contributed by atoms with E-state index < -0.39 is 12.5 Å². The summed E-state index contributed by atoms with van der Waals surface area (Å²) < 4.78 is 34.6. The second-order valence-electron chi connectivity index (χ2n) is 11.8. The van der Waals surface area contributed by atoms with E-state index in [1.807, 2.05) is 11.2 Å². The monoisotopic (exact) mass is 681 g/mol. The number of thioether (sulfide) groups is 1. The number of alkyl halides is 2. The molecule has 1 aromatic carbocycles. The SMILES string of the molecule is CSc1ccc(OC(F)F)c(-c2nn(CC(=O)N3CCC(CN4CCN(CC=O)CC4)CC3)cc2NC(=O)c2cnn3cccnc23)c1. The van der Waals surface area contributed by atoms with Gasteiger partial charge in [-0.2, -0.15) is 19.0 Å². The number of carbonyl (C=O) groups is 3. The molecule has 2 amide bonds. The number of amides is 2. The predicted molar refractivity (Wildman–Crippen MR) is 175 cm³/mol. The first-order valence-electron chi connectivity index (χ1n) is 15.8. The molecule has 0 saturated carbocycles. The molecule has 1 N–H and O–H groups in total. The Morgan fingerprint density at radius 2 is 1.90 bits per heavy atom. The zero-order valence-electron chi connectivity index (χ0n) is 26.5. The highest BCUT2D eigenvalue weighted by atomic mass is 32.2. The fraction of sp³-hybridized carbons (Fsp3) is 0.438. The van der Waals surface area contributed by atoms with Gasteiger partial charge >= 0.3 is 6.61 Å². The quantitative estimate of drug-likeness (QED) is 0.176. The van der Waals surface area contributed by atoms with Crippen LogP contribution in [0.1, 0.15) is 23.2 Å². The lowest BCUT2D eigenvalue weighted by Crippen LogP contribution is -2.49. The van der Waals surface area contributed by atoms with Crippen molar-refractivity contribution in [1.82, 2.24) is 39.1 Å². The first-order chi connectivity index (χ1) is 23.3. The lowest BCUT2D eigenvalue weighted by molar-refractivity contribution is -0.133. The van der Waals surface area contributed by atoms with Gasteiger partial charge in [0, 0.05) is 74.9 Å². The molecule has 0 unspecified atom stereocenters. The summed E-state index contributed by atoms with van der Waals surface area (Å²) in [7, 11) is 0. The average Bonchev–Trinajstić information content (AvgIpc) is 3.70. The summed E-state index contributed by atoms with van der Waals surface area (Å²) in [5, 5.41) is 11.6. The van der Waals surface area contributed by atoms with E-state index in [-0.39, 0.29) is 40.7 Å². The van der Waals surface area contributed by atoms with E-state index >= 15 is 0 Å². The van der Waals surface area contributed by atoms with Crippen molar-refractivity contribution in [2.24, 2.45) is 5.92 Å². The van der Waals surface area contributed by atoms with E-state index in [2.05, 4.69) is 30.3 Å². The average molecular weight is 682 g/mol. The lowest BCUT2D eigenvalue weighted by Gasteiger charge is -2.38. The van der Waals surface area contributed by atoms with Gasteiger partial charge in [0.15, 0.2) is 5.65 Å². The minimum Gasteiger partial charge on any atom is -0.434 e. The lowest BCUT2D eigenvalue weighted by atomic mass is 9.96. The van der Waals surface area contributed by atoms with Gasteiger partial charge in [0.05, 0.1) is 18.4 Å². The zero-order valence-corrected chi connectivity index (χ0v) is 27.3. The molecule has 0 atom stereocenters. The molecule has 2 saturated heterocycles. The van der Waals surface area contributed by atoms with Gasteiger partial charge in [-0.05, 0) is 49.3 Å². The third kappa shape index (κ3) is 7.82. The van der Waals surface area contributed by atoms with Crippen LogP contribution in [0, 0.1) is 5.92 Å². The highest BCUT2D eigenvalue weighted by molar-refractivity contribution is 7.98. The first-order valence-corrected chi connectivity index (χ1v) is 17.0. The van der Waals surface area contributed by atoms with E-state index in [1.54, 1.807) is 30.6 Å². The number of carbonyl (C=O) groups excluding carboxylic acids is 3. The Kier molecular flexibility index (Phi) is 10.6. The van der Waals surface area contributed by atoms with E-state index in [0.717, 1.165) is 56.7 Å². The number of fused-ring (bicyclic) bond motifs is 1. The molecular formula is C32H37F2N9O4S. The molecule has 6 rings (SSSR count). The number of piperazine rings is 1. The number of rotatable bonds is 12. The highest BCUT2D eigenvalue weighted by Gasteiger charge is 2.27. The van der Waals surface area contributed by atoms with Crippen molar-refractivity contribution in [3.05, 3.63) is 54.6 Å². The van der Waals surface area contributed by atoms with Gasteiger partial charge in [-0.3, -0.25) is 19.2 Å². The van der Waals surface area contributed by atoms with Crippen molar-refractivity contribution in [3.63, 3.8) is 0 Å². The minimum absolute atomic E-state index is 0.0994.